The molecule has 5 nitrogen and oxygen atoms in total. The molecular weight excluding hydrogens is 350 g/mol. The van der Waals surface area contributed by atoms with Crippen LogP contribution in [0.4, 0.5) is 0 Å². The minimum Gasteiger partial charge on any atom is -0.473 e. The summed E-state index contributed by atoms with van der Waals surface area (Å²) in [5, 5.41) is 4.04. The number of nitrogens with one attached hydrogen (secondary N) is 2. The van der Waals surface area contributed by atoms with Crippen molar-refractivity contribution >= 4 is 16.8 Å². The maximum atomic E-state index is 12.4. The van der Waals surface area contributed by atoms with Crippen LogP contribution in [-0.4, -0.2) is 15.9 Å². The first-order chi connectivity index (χ1) is 13.8. The molecule has 0 aliphatic heterocycles. The molecule has 0 aliphatic rings. The third-order valence-electron chi connectivity index (χ3n) is 4.57. The van der Waals surface area contributed by atoms with Crippen LogP contribution in [-0.2, 0) is 24.4 Å². The van der Waals surface area contributed by atoms with Gasteiger partial charge >= 0.3 is 0 Å². The van der Waals surface area contributed by atoms with E-state index in [1.165, 1.54) is 0 Å². The smallest absolute Gasteiger partial charge is 0.224 e. The van der Waals surface area contributed by atoms with Gasteiger partial charge in [-0.1, -0.05) is 54.6 Å². The highest BCUT2D eigenvalue weighted by Gasteiger charge is 2.10. The third kappa shape index (κ3) is 4.20. The van der Waals surface area contributed by atoms with Crippen molar-refractivity contribution in [1.29, 1.82) is 0 Å². The first-order valence-corrected chi connectivity index (χ1v) is 9.22. The second-order valence-corrected chi connectivity index (χ2v) is 6.55. The lowest BCUT2D eigenvalue weighted by atomic mass is 10.1. The van der Waals surface area contributed by atoms with Crippen molar-refractivity contribution in [2.24, 2.45) is 0 Å². The lowest BCUT2D eigenvalue weighted by Gasteiger charge is -2.11. The van der Waals surface area contributed by atoms with Gasteiger partial charge < -0.3 is 15.0 Å². The van der Waals surface area contributed by atoms with Crippen molar-refractivity contribution in [3.63, 3.8) is 0 Å². The van der Waals surface area contributed by atoms with Crippen molar-refractivity contribution in [3.8, 4) is 5.88 Å². The number of carbonyl (C=O) groups excluding carboxylic acids is 1. The zero-order valence-corrected chi connectivity index (χ0v) is 15.4. The van der Waals surface area contributed by atoms with Gasteiger partial charge in [0.2, 0.25) is 11.8 Å². The largest absolute Gasteiger partial charge is 0.473 e. The highest BCUT2D eigenvalue weighted by molar-refractivity contribution is 5.88. The highest BCUT2D eigenvalue weighted by Crippen LogP contribution is 2.19. The molecule has 0 radical (unpaired) electrons. The zero-order valence-electron chi connectivity index (χ0n) is 15.4. The molecule has 0 fully saturated rings. The molecular formula is C23H21N3O2. The average Bonchev–Trinajstić information content (AvgIpc) is 3.15. The first-order valence-electron chi connectivity index (χ1n) is 9.22. The molecule has 0 spiro atoms. The Hall–Kier alpha value is -3.60. The van der Waals surface area contributed by atoms with Crippen LogP contribution in [0.2, 0.25) is 0 Å². The van der Waals surface area contributed by atoms with Crippen molar-refractivity contribution in [2.45, 2.75) is 19.6 Å². The lowest BCUT2D eigenvalue weighted by molar-refractivity contribution is -0.120. The maximum absolute atomic E-state index is 12.4. The fourth-order valence-electron chi connectivity index (χ4n) is 3.12. The third-order valence-corrected chi connectivity index (χ3v) is 4.57. The van der Waals surface area contributed by atoms with Crippen LogP contribution in [0.1, 0.15) is 16.7 Å². The van der Waals surface area contributed by atoms with Gasteiger partial charge in [0.25, 0.3) is 0 Å². The summed E-state index contributed by atoms with van der Waals surface area (Å²) in [7, 11) is 0. The van der Waals surface area contributed by atoms with Gasteiger partial charge in [-0.15, -0.1) is 0 Å². The Morgan fingerprint density at radius 3 is 2.68 bits per heavy atom. The SMILES string of the molecule is O=C(Cc1c[nH]c2ccccc12)NCc1cccnc1OCc1ccccc1. The van der Waals surface area contributed by atoms with E-state index in [0.717, 1.165) is 27.6 Å². The van der Waals surface area contributed by atoms with Crippen LogP contribution in [0.15, 0.2) is 79.1 Å². The standard InChI is InChI=1S/C23H21N3O2/c27-22(13-19-15-25-21-11-5-4-10-20(19)21)26-14-18-9-6-12-24-23(18)28-16-17-7-2-1-3-8-17/h1-12,15,25H,13-14,16H2,(H,26,27). The Balaban J connectivity index is 1.37. The van der Waals surface area contributed by atoms with Crippen LogP contribution >= 0.6 is 0 Å². The highest BCUT2D eigenvalue weighted by atomic mass is 16.5. The van der Waals surface area contributed by atoms with E-state index in [1.807, 2.05) is 72.9 Å². The molecule has 4 aromatic rings. The molecule has 5 heteroatoms. The van der Waals surface area contributed by atoms with E-state index in [1.54, 1.807) is 6.20 Å². The van der Waals surface area contributed by atoms with Gasteiger partial charge in [-0.25, -0.2) is 4.98 Å². The van der Waals surface area contributed by atoms with Gasteiger partial charge in [0, 0.05) is 35.4 Å². The molecule has 1 amide bonds. The normalized spacial score (nSPS) is 10.7. The number of pyridine rings is 1. The summed E-state index contributed by atoms with van der Waals surface area (Å²) < 4.78 is 5.85. The molecule has 28 heavy (non-hydrogen) atoms. The molecule has 2 aromatic carbocycles. The number of hydrogen-bond acceptors (Lipinski definition) is 3. The average molecular weight is 371 g/mol. The number of carbonyl (C=O) groups is 1. The van der Waals surface area contributed by atoms with Crippen LogP contribution in [0.5, 0.6) is 5.88 Å². The molecule has 0 unspecified atom stereocenters. The number of benzene rings is 2. The molecule has 2 N–H and O–H groups in total. The van der Waals surface area contributed by atoms with Gasteiger partial charge in [-0.2, -0.15) is 0 Å². The number of para-hydroxylation sites is 1. The monoisotopic (exact) mass is 371 g/mol. The number of rotatable bonds is 7. The number of aromatic amines is 1. The number of nitrogens with zero attached hydrogens (tertiary/aromatic N) is 1. The minimum absolute atomic E-state index is 0.0392. The Kier molecular flexibility index (Phi) is 5.33. The van der Waals surface area contributed by atoms with Gasteiger partial charge in [-0.3, -0.25) is 4.79 Å². The second-order valence-electron chi connectivity index (χ2n) is 6.55. The van der Waals surface area contributed by atoms with Crippen LogP contribution < -0.4 is 10.1 Å². The van der Waals surface area contributed by atoms with Crippen LogP contribution in [0.25, 0.3) is 10.9 Å². The molecule has 0 aliphatic carbocycles. The second kappa shape index (κ2) is 8.39. The fourth-order valence-corrected chi connectivity index (χ4v) is 3.12. The molecule has 0 bridgehead atoms. The lowest BCUT2D eigenvalue weighted by Crippen LogP contribution is -2.24. The summed E-state index contributed by atoms with van der Waals surface area (Å²) >= 11 is 0. The fraction of sp³-hybridized carbons (Fsp3) is 0.130. The Morgan fingerprint density at radius 1 is 0.964 bits per heavy atom. The summed E-state index contributed by atoms with van der Waals surface area (Å²) in [6, 6.07) is 21.7. The minimum atomic E-state index is -0.0392. The van der Waals surface area contributed by atoms with Crippen LogP contribution in [0.3, 0.4) is 0 Å². The number of ether oxygens (including phenoxy) is 1. The summed E-state index contributed by atoms with van der Waals surface area (Å²) in [5.74, 6) is 0.501. The van der Waals surface area contributed by atoms with Crippen molar-refractivity contribution < 1.29 is 9.53 Å². The summed E-state index contributed by atoms with van der Waals surface area (Å²) in [5.41, 5.74) is 3.95. The Labute approximate surface area is 163 Å². The number of H-pyrrole nitrogens is 1. The maximum Gasteiger partial charge on any atom is 0.224 e. The number of amides is 1. The number of fused-ring (bicyclic) bond motifs is 1. The molecule has 4 rings (SSSR count). The molecule has 0 saturated heterocycles. The van der Waals surface area contributed by atoms with E-state index >= 15 is 0 Å². The number of hydrogen-bond donors (Lipinski definition) is 2. The summed E-state index contributed by atoms with van der Waals surface area (Å²) in [4.78, 5) is 19.9. The van der Waals surface area contributed by atoms with Crippen molar-refractivity contribution in [1.82, 2.24) is 15.3 Å². The van der Waals surface area contributed by atoms with Gasteiger partial charge in [0.15, 0.2) is 0 Å². The van der Waals surface area contributed by atoms with Crippen molar-refractivity contribution in [3.05, 3.63) is 95.8 Å². The predicted octanol–water partition coefficient (Wildman–Crippen LogP) is 4.00. The summed E-state index contributed by atoms with van der Waals surface area (Å²) in [6.45, 7) is 0.813. The Morgan fingerprint density at radius 2 is 1.79 bits per heavy atom. The van der Waals surface area contributed by atoms with E-state index in [9.17, 15) is 4.79 Å². The van der Waals surface area contributed by atoms with E-state index in [2.05, 4.69) is 15.3 Å². The van der Waals surface area contributed by atoms with Crippen molar-refractivity contribution in [2.75, 3.05) is 0 Å². The van der Waals surface area contributed by atoms with Crippen LogP contribution in [0, 0.1) is 0 Å². The van der Waals surface area contributed by atoms with E-state index in [-0.39, 0.29) is 5.91 Å². The van der Waals surface area contributed by atoms with Gasteiger partial charge in [0.05, 0.1) is 6.42 Å². The molecule has 2 heterocycles. The molecule has 2 aromatic heterocycles. The quantitative estimate of drug-likeness (QED) is 0.516. The molecule has 0 saturated carbocycles. The van der Waals surface area contributed by atoms with Gasteiger partial charge in [0.1, 0.15) is 6.61 Å². The van der Waals surface area contributed by atoms with Gasteiger partial charge in [-0.05, 0) is 23.3 Å². The predicted molar refractivity (Wildman–Crippen MR) is 109 cm³/mol. The topological polar surface area (TPSA) is 67.0 Å². The Bertz CT molecular complexity index is 1070. The summed E-state index contributed by atoms with van der Waals surface area (Å²) in [6.07, 6.45) is 3.91. The van der Waals surface area contributed by atoms with E-state index in [0.29, 0.717) is 25.5 Å². The molecule has 140 valence electrons. The molecule has 0 atom stereocenters. The first kappa shape index (κ1) is 17.8. The van der Waals surface area contributed by atoms with E-state index < -0.39 is 0 Å². The zero-order chi connectivity index (χ0) is 19.2. The van der Waals surface area contributed by atoms with E-state index in [4.69, 9.17) is 4.74 Å². The number of aromatic nitrogens is 2.